The molecule has 137 heavy (non-hydrogen) atoms. The Kier molecular flexibility index (Phi) is 29.4. The number of imidazole rings is 2. The highest BCUT2D eigenvalue weighted by atomic mass is 16.3. The first-order valence-corrected chi connectivity index (χ1v) is 47.6. The molecule has 28 nitrogen and oxygen atoms in total. The summed E-state index contributed by atoms with van der Waals surface area (Å²) in [4.78, 5) is 80.3. The monoisotopic (exact) mass is 1840 g/mol. The molecule has 0 bridgehead atoms. The van der Waals surface area contributed by atoms with Crippen molar-refractivity contribution in [3.63, 3.8) is 0 Å². The summed E-state index contributed by atoms with van der Waals surface area (Å²) in [6.45, 7) is 30.5. The van der Waals surface area contributed by atoms with Crippen LogP contribution in [0.3, 0.4) is 0 Å². The third kappa shape index (κ3) is 23.9. The van der Waals surface area contributed by atoms with E-state index in [-0.39, 0.29) is 78.3 Å². The van der Waals surface area contributed by atoms with E-state index < -0.39 is 0 Å². The van der Waals surface area contributed by atoms with E-state index in [1.54, 1.807) is 18.2 Å². The zero-order valence-electron chi connectivity index (χ0n) is 79.6. The summed E-state index contributed by atoms with van der Waals surface area (Å²) in [7, 11) is 0. The van der Waals surface area contributed by atoms with Crippen molar-refractivity contribution in [2.75, 3.05) is 80.2 Å². The van der Waals surface area contributed by atoms with Gasteiger partial charge in [-0.3, -0.25) is 43.9 Å². The molecule has 0 spiro atoms. The Morgan fingerprint density at radius 1 is 0.380 bits per heavy atom. The summed E-state index contributed by atoms with van der Waals surface area (Å²) < 4.78 is 8.31. The van der Waals surface area contributed by atoms with Crippen molar-refractivity contribution in [1.82, 2.24) is 73.0 Å². The molecule has 4 aliphatic rings. The fraction of sp³-hybridized carbons (Fsp3) is 0.330. The van der Waals surface area contributed by atoms with Crippen molar-refractivity contribution >= 4 is 90.3 Å². The van der Waals surface area contributed by atoms with Gasteiger partial charge in [-0.25, -0.2) is 9.97 Å². The predicted molar refractivity (Wildman–Crippen MR) is 541 cm³/mol. The molecule has 4 amide bonds. The average Bonchev–Trinajstić information content (AvgIpc) is 1.70. The van der Waals surface area contributed by atoms with Crippen LogP contribution in [0.2, 0.25) is 0 Å². The molecule has 8 aromatic heterocycles. The average molecular weight is 1850 g/mol. The van der Waals surface area contributed by atoms with E-state index in [9.17, 15) is 39.6 Å². The summed E-state index contributed by atoms with van der Waals surface area (Å²) in [6, 6.07) is 57.3. The van der Waals surface area contributed by atoms with E-state index in [0.717, 1.165) is 227 Å². The molecule has 20 rings (SSSR count). The Hall–Kier alpha value is -13.7. The number of carbonyl (C=O) groups excluding carboxylic acids is 4. The van der Waals surface area contributed by atoms with Crippen molar-refractivity contribution in [2.24, 2.45) is 23.7 Å². The highest BCUT2D eigenvalue weighted by molar-refractivity contribution is 6.09. The molecule has 8 unspecified atom stereocenters. The number of likely N-dealkylation sites (tertiary alicyclic amines) is 4. The minimum absolute atomic E-state index is 0.0175. The van der Waals surface area contributed by atoms with Gasteiger partial charge in [0.25, 0.3) is 23.6 Å². The van der Waals surface area contributed by atoms with Crippen LogP contribution < -0.4 is 21.3 Å². The first-order valence-electron chi connectivity index (χ1n) is 47.6. The Labute approximate surface area is 797 Å². The molecular formula is C109H125N19O9. The number of carbonyl (C=O) groups is 4. The first-order chi connectivity index (χ1) is 66.0. The van der Waals surface area contributed by atoms with E-state index in [0.29, 0.717) is 34.5 Å². The SMILES string of the molecule is Cc1ccn(-c2cc(CN3CCC(O)C(C)C3)cc(NC(=O)c3ccc4c(C)[nH]nc4c3)c2)c1.Cc1ccn(-c2cc(CN3CCC(O)C(C)C3)cc(NC(=O)c3ccc4cc[nH]c4c3)c2)c1.Cc1ccn(-c2cc(CN3CCC(O)C(C)C3)cc(NC(=O)c3ccc4nc(C)[nH]c4c3)c2)c1.Cc1ccn(-c2cc(CN3CCC(O)C(C)C3)cc(NC(=O)c3ccc4nc(CCO)[nH]c4c3)c2)c1. The molecule has 0 saturated carbocycles. The highest BCUT2D eigenvalue weighted by Gasteiger charge is 2.30. The van der Waals surface area contributed by atoms with Gasteiger partial charge >= 0.3 is 0 Å². The van der Waals surface area contributed by atoms with Gasteiger partial charge in [0.2, 0.25) is 0 Å². The number of aliphatic hydroxyl groups excluding tert-OH is 5. The zero-order valence-corrected chi connectivity index (χ0v) is 79.6. The molecule has 13 N–H and O–H groups in total. The summed E-state index contributed by atoms with van der Waals surface area (Å²) in [6.07, 6.45) is 21.0. The number of aryl methyl sites for hydroxylation is 6. The minimum Gasteiger partial charge on any atom is -0.396 e. The molecule has 16 aromatic rings. The van der Waals surface area contributed by atoms with Crippen LogP contribution in [0.15, 0.2) is 232 Å². The smallest absolute Gasteiger partial charge is 0.255 e. The summed E-state index contributed by atoms with van der Waals surface area (Å²) in [5.74, 6) is 1.88. The number of piperidine rings is 4. The third-order valence-corrected chi connectivity index (χ3v) is 26.7. The third-order valence-electron chi connectivity index (χ3n) is 26.7. The fourth-order valence-corrected chi connectivity index (χ4v) is 19.1. The highest BCUT2D eigenvalue weighted by Crippen LogP contribution is 2.33. The van der Waals surface area contributed by atoms with Crippen molar-refractivity contribution in [3.8, 4) is 22.7 Å². The molecule has 28 heteroatoms. The number of rotatable bonds is 22. The number of hydrogen-bond donors (Lipinski definition) is 13. The first kappa shape index (κ1) is 95.1. The zero-order chi connectivity index (χ0) is 95.8. The molecule has 4 fully saturated rings. The van der Waals surface area contributed by atoms with E-state index >= 15 is 0 Å². The molecule has 8 atom stereocenters. The molecule has 4 aliphatic heterocycles. The van der Waals surface area contributed by atoms with Gasteiger partial charge in [0.15, 0.2) is 0 Å². The summed E-state index contributed by atoms with van der Waals surface area (Å²) in [5.41, 5.74) is 24.5. The normalized spacial score (nSPS) is 18.9. The van der Waals surface area contributed by atoms with Crippen LogP contribution in [0.1, 0.15) is 157 Å². The van der Waals surface area contributed by atoms with E-state index in [4.69, 9.17) is 5.11 Å². The number of fused-ring (bicyclic) bond motifs is 4. The number of amides is 4. The topological polar surface area (TPSA) is 352 Å². The maximum Gasteiger partial charge on any atom is 0.255 e. The lowest BCUT2D eigenvalue weighted by Crippen LogP contribution is -2.41. The number of aromatic amines is 4. The van der Waals surface area contributed by atoms with Crippen molar-refractivity contribution in [3.05, 3.63) is 316 Å². The second kappa shape index (κ2) is 42.3. The molecule has 710 valence electrons. The van der Waals surface area contributed by atoms with Crippen molar-refractivity contribution in [1.29, 1.82) is 0 Å². The fourth-order valence-electron chi connectivity index (χ4n) is 19.1. The van der Waals surface area contributed by atoms with Crippen LogP contribution in [0, 0.1) is 65.2 Å². The van der Waals surface area contributed by atoms with Crippen LogP contribution in [0.4, 0.5) is 22.7 Å². The van der Waals surface area contributed by atoms with Gasteiger partial charge in [-0.1, -0.05) is 39.8 Å². The number of aliphatic hydroxyl groups is 5. The number of benzene rings is 8. The minimum atomic E-state index is -0.239. The number of aromatic nitrogens is 11. The number of nitrogens with one attached hydrogen (secondary N) is 8. The lowest BCUT2D eigenvalue weighted by atomic mass is 9.96. The van der Waals surface area contributed by atoms with E-state index in [1.165, 1.54) is 22.3 Å². The molecule has 12 heterocycles. The maximum absolute atomic E-state index is 13.2. The van der Waals surface area contributed by atoms with Crippen LogP contribution in [-0.2, 0) is 32.6 Å². The lowest BCUT2D eigenvalue weighted by Gasteiger charge is -2.34. The number of nitrogens with zero attached hydrogens (tertiary/aromatic N) is 11. The van der Waals surface area contributed by atoms with Crippen molar-refractivity contribution < 1.29 is 44.7 Å². The van der Waals surface area contributed by atoms with Gasteiger partial charge in [-0.15, -0.1) is 0 Å². The lowest BCUT2D eigenvalue weighted by molar-refractivity contribution is 0.0319. The Balaban J connectivity index is 0.000000127. The largest absolute Gasteiger partial charge is 0.396 e. The van der Waals surface area contributed by atoms with E-state index in [2.05, 4.69) is 229 Å². The Bertz CT molecular complexity index is 6840. The predicted octanol–water partition coefficient (Wildman–Crippen LogP) is 17.2. The summed E-state index contributed by atoms with van der Waals surface area (Å²) >= 11 is 0. The van der Waals surface area contributed by atoms with Gasteiger partial charge in [0, 0.05) is 225 Å². The van der Waals surface area contributed by atoms with Crippen LogP contribution >= 0.6 is 0 Å². The van der Waals surface area contributed by atoms with Crippen LogP contribution in [0.5, 0.6) is 0 Å². The van der Waals surface area contributed by atoms with E-state index in [1.807, 2.05) is 148 Å². The Morgan fingerprint density at radius 3 is 1.08 bits per heavy atom. The second-order valence-corrected chi connectivity index (χ2v) is 38.3. The van der Waals surface area contributed by atoms with Gasteiger partial charge in [-0.05, 0) is 305 Å². The number of anilines is 4. The molecule has 0 radical (unpaired) electrons. The van der Waals surface area contributed by atoms with Gasteiger partial charge < -0.3 is 80.0 Å². The maximum atomic E-state index is 13.2. The summed E-state index contributed by atoms with van der Waals surface area (Å²) in [5, 5.41) is 71.3. The van der Waals surface area contributed by atoms with Crippen LogP contribution in [0.25, 0.3) is 66.6 Å². The van der Waals surface area contributed by atoms with Gasteiger partial charge in [-0.2, -0.15) is 5.10 Å². The van der Waals surface area contributed by atoms with Gasteiger partial charge in [0.05, 0.1) is 58.6 Å². The molecular weight excluding hydrogens is 1720 g/mol. The molecule has 0 aliphatic carbocycles. The number of hydrogen-bond acceptors (Lipinski definition) is 16. The second-order valence-electron chi connectivity index (χ2n) is 38.3. The standard InChI is InChI=1S/C28H33N5O3.2C27H31N5O2.C27H30N4O2/c1-18-5-9-33(15-18)23-12-20(17-32-8-6-26(35)19(2)16-32)11-22(14-23)29-28(36)21-3-4-24-25(13-21)31-27(30-24)7-10-34;1-17-6-9-32(14-17)23-11-20(16-31-8-7-26(33)18(2)15-31)10-22(13-23)30-27(34)21-4-5-24-25(12-21)29-19(3)28-24;1-17-6-9-32(14-17)23-11-20(16-31-8-7-26(33)18(2)15-31)10-22(13-23)28-27(34)21-4-5-24-19(3)29-30-25(24)12-21;1-18-6-10-31(15-18)24-12-20(17-30-9-7-26(32)19(2)16-30)11-23(14-24)29-27(33)22-4-3-21-5-8-28-25(21)13-22/h3-5,9,11-15,19,26,34-35H,6-8,10,16-17H2,1-2H3,(H,29,36)(H,30,31);4-6,9-14,18,26,33H,7-8,15-16H2,1-3H3,(H,28,29)(H,30,34);4-6,9-14,18,26,33H,7-8,15-16H2,1-3H3,(H,28,34)(H,29,30);3-6,8,10-15,19,26,28,32H,7,9,16-17H2,1-2H3,(H,29,33). The number of H-pyrrole nitrogens is 4. The molecule has 8 aromatic carbocycles. The van der Waals surface area contributed by atoms with Crippen molar-refractivity contribution in [2.45, 2.75) is 152 Å². The van der Waals surface area contributed by atoms with Gasteiger partial charge in [0.1, 0.15) is 11.6 Å². The Morgan fingerprint density at radius 2 is 0.723 bits per heavy atom. The quantitative estimate of drug-likeness (QED) is 0.0300. The molecule has 4 saturated heterocycles. The van der Waals surface area contributed by atoms with Crippen LogP contribution in [-0.4, -0.2) is 206 Å².